The van der Waals surface area contributed by atoms with Crippen LogP contribution in [0.15, 0.2) is 70.2 Å². The van der Waals surface area contributed by atoms with Gasteiger partial charge in [0.2, 0.25) is 0 Å². The summed E-state index contributed by atoms with van der Waals surface area (Å²) in [6.07, 6.45) is 1.34. The molecule has 0 heterocycles. The topological polar surface area (TPSA) is 89.0 Å². The summed E-state index contributed by atoms with van der Waals surface area (Å²) >= 11 is 3.46. The number of amides is 2. The van der Waals surface area contributed by atoms with E-state index in [4.69, 9.17) is 9.47 Å². The van der Waals surface area contributed by atoms with Crippen molar-refractivity contribution in [2.75, 3.05) is 12.4 Å². The molecule has 0 radical (unpaired) electrons. The lowest BCUT2D eigenvalue weighted by molar-refractivity contribution is -0.136. The first-order chi connectivity index (χ1) is 15.9. The van der Waals surface area contributed by atoms with Gasteiger partial charge in [-0.15, -0.1) is 0 Å². The summed E-state index contributed by atoms with van der Waals surface area (Å²) in [5.41, 5.74) is 4.74. The summed E-state index contributed by atoms with van der Waals surface area (Å²) in [6, 6.07) is 16.9. The number of aryl methyl sites for hydroxylation is 1. The Hall–Kier alpha value is -3.72. The summed E-state index contributed by atoms with van der Waals surface area (Å²) < 4.78 is 25.6. The predicted molar refractivity (Wildman–Crippen MR) is 127 cm³/mol. The number of hydrogen-bond acceptors (Lipinski definition) is 5. The van der Waals surface area contributed by atoms with Crippen molar-refractivity contribution in [1.29, 1.82) is 0 Å². The van der Waals surface area contributed by atoms with Crippen molar-refractivity contribution in [3.63, 3.8) is 0 Å². The van der Waals surface area contributed by atoms with Crippen molar-refractivity contribution in [2.24, 2.45) is 5.10 Å². The summed E-state index contributed by atoms with van der Waals surface area (Å²) in [4.78, 5) is 23.8. The molecule has 0 aliphatic rings. The number of hydrogen-bond donors (Lipinski definition) is 2. The molecule has 3 aromatic carbocycles. The monoisotopic (exact) mass is 513 g/mol. The number of rotatable bonds is 7. The largest absolute Gasteiger partial charge is 0.493 e. The van der Waals surface area contributed by atoms with E-state index in [-0.39, 0.29) is 5.69 Å². The van der Waals surface area contributed by atoms with E-state index in [1.165, 1.54) is 37.6 Å². The van der Waals surface area contributed by atoms with Gasteiger partial charge in [0.25, 0.3) is 0 Å². The van der Waals surface area contributed by atoms with Gasteiger partial charge in [0.05, 0.1) is 23.5 Å². The molecule has 33 heavy (non-hydrogen) atoms. The van der Waals surface area contributed by atoms with Crippen LogP contribution in [-0.2, 0) is 16.2 Å². The lowest BCUT2D eigenvalue weighted by Crippen LogP contribution is -2.32. The van der Waals surface area contributed by atoms with Crippen molar-refractivity contribution in [1.82, 2.24) is 5.43 Å². The number of halogens is 2. The van der Waals surface area contributed by atoms with Crippen molar-refractivity contribution < 1.29 is 23.5 Å². The molecule has 0 unspecified atom stereocenters. The van der Waals surface area contributed by atoms with Crippen LogP contribution in [-0.4, -0.2) is 25.1 Å². The maximum Gasteiger partial charge on any atom is 0.329 e. The summed E-state index contributed by atoms with van der Waals surface area (Å²) in [6.45, 7) is 2.37. The van der Waals surface area contributed by atoms with Crippen LogP contribution in [0.4, 0.5) is 10.1 Å². The van der Waals surface area contributed by atoms with Crippen molar-refractivity contribution in [2.45, 2.75) is 13.5 Å². The molecule has 0 fully saturated rings. The first-order valence-electron chi connectivity index (χ1n) is 9.82. The first kappa shape index (κ1) is 23.9. The third-order valence-corrected chi connectivity index (χ3v) is 5.01. The predicted octanol–water partition coefficient (Wildman–Crippen LogP) is 4.57. The number of anilines is 1. The van der Waals surface area contributed by atoms with Gasteiger partial charge < -0.3 is 14.8 Å². The highest BCUT2D eigenvalue weighted by molar-refractivity contribution is 9.10. The summed E-state index contributed by atoms with van der Waals surface area (Å²) in [5, 5.41) is 5.96. The van der Waals surface area contributed by atoms with E-state index in [0.717, 1.165) is 11.1 Å². The van der Waals surface area contributed by atoms with Crippen molar-refractivity contribution >= 4 is 39.6 Å². The van der Waals surface area contributed by atoms with Gasteiger partial charge >= 0.3 is 11.8 Å². The molecule has 0 bridgehead atoms. The maximum absolute atomic E-state index is 13.6. The molecule has 7 nitrogen and oxygen atoms in total. The molecule has 0 aliphatic carbocycles. The highest BCUT2D eigenvalue weighted by atomic mass is 79.9. The zero-order valence-electron chi connectivity index (χ0n) is 17.9. The maximum atomic E-state index is 13.6. The quantitative estimate of drug-likeness (QED) is 0.275. The standard InChI is InChI=1S/C24H21BrFN3O4/c1-15-6-5-7-16(10-15)14-33-22-18(25)11-17(12-21(22)32-2)13-27-29-24(31)23(30)28-20-9-4-3-8-19(20)26/h3-13H,14H2,1-2H3,(H,28,30)(H,29,31). The average Bonchev–Trinajstić information content (AvgIpc) is 2.79. The summed E-state index contributed by atoms with van der Waals surface area (Å²) in [5.74, 6) is -1.76. The Labute approximate surface area is 198 Å². The van der Waals surface area contributed by atoms with E-state index in [1.54, 1.807) is 12.1 Å². The highest BCUT2D eigenvalue weighted by Gasteiger charge is 2.15. The Balaban J connectivity index is 1.63. The van der Waals surface area contributed by atoms with E-state index >= 15 is 0 Å². The second kappa shape index (κ2) is 11.2. The molecule has 0 atom stereocenters. The number of nitrogens with zero attached hydrogens (tertiary/aromatic N) is 1. The number of ether oxygens (including phenoxy) is 2. The molecule has 170 valence electrons. The molecule has 0 aromatic heterocycles. The molecule has 3 rings (SSSR count). The average molecular weight is 514 g/mol. The van der Waals surface area contributed by atoms with Gasteiger partial charge in [-0.3, -0.25) is 9.59 Å². The zero-order valence-corrected chi connectivity index (χ0v) is 19.5. The number of para-hydroxylation sites is 1. The molecule has 0 saturated heterocycles. The van der Waals surface area contributed by atoms with Gasteiger partial charge in [-0.25, -0.2) is 9.82 Å². The smallest absolute Gasteiger partial charge is 0.329 e. The van der Waals surface area contributed by atoms with Gasteiger partial charge in [-0.05, 0) is 58.2 Å². The second-order valence-electron chi connectivity index (χ2n) is 6.94. The highest BCUT2D eigenvalue weighted by Crippen LogP contribution is 2.36. The second-order valence-corrected chi connectivity index (χ2v) is 7.80. The number of nitrogens with one attached hydrogen (secondary N) is 2. The fourth-order valence-electron chi connectivity index (χ4n) is 2.87. The third kappa shape index (κ3) is 6.63. The van der Waals surface area contributed by atoms with Crippen LogP contribution in [0.2, 0.25) is 0 Å². The van der Waals surface area contributed by atoms with Gasteiger partial charge in [0, 0.05) is 0 Å². The van der Waals surface area contributed by atoms with Crippen LogP contribution in [0, 0.1) is 12.7 Å². The number of carbonyl (C=O) groups excluding carboxylic acids is 2. The van der Waals surface area contributed by atoms with Crippen LogP contribution in [0.3, 0.4) is 0 Å². The van der Waals surface area contributed by atoms with Crippen LogP contribution in [0.25, 0.3) is 0 Å². The fourth-order valence-corrected chi connectivity index (χ4v) is 3.44. The van der Waals surface area contributed by atoms with Crippen molar-refractivity contribution in [3.8, 4) is 11.5 Å². The van der Waals surface area contributed by atoms with Crippen molar-refractivity contribution in [3.05, 3.63) is 87.6 Å². The minimum absolute atomic E-state index is 0.100. The number of benzene rings is 3. The molecule has 3 aromatic rings. The molecule has 2 amide bonds. The molecule has 2 N–H and O–H groups in total. The number of carbonyl (C=O) groups is 2. The minimum Gasteiger partial charge on any atom is -0.493 e. The van der Waals surface area contributed by atoms with E-state index in [9.17, 15) is 14.0 Å². The Bertz CT molecular complexity index is 1200. The fraction of sp³-hybridized carbons (Fsp3) is 0.125. The zero-order chi connectivity index (χ0) is 23.8. The summed E-state index contributed by atoms with van der Waals surface area (Å²) in [7, 11) is 1.51. The van der Waals surface area contributed by atoms with Gasteiger partial charge in [0.15, 0.2) is 11.5 Å². The molecule has 0 spiro atoms. The Morgan fingerprint density at radius 1 is 1.09 bits per heavy atom. The molecule has 0 aliphatic heterocycles. The van der Waals surface area contributed by atoms with E-state index < -0.39 is 17.6 Å². The van der Waals surface area contributed by atoms with E-state index in [0.29, 0.717) is 28.1 Å². The van der Waals surface area contributed by atoms with E-state index in [2.05, 4.69) is 31.8 Å². The van der Waals surface area contributed by atoms with Gasteiger partial charge in [0.1, 0.15) is 12.4 Å². The molecule has 0 saturated carbocycles. The molecular formula is C24H21BrFN3O4. The Kier molecular flexibility index (Phi) is 8.15. The SMILES string of the molecule is COc1cc(C=NNC(=O)C(=O)Nc2ccccc2F)cc(Br)c1OCc1cccc(C)c1. The molecule has 9 heteroatoms. The number of hydrazone groups is 1. The van der Waals surface area contributed by atoms with E-state index in [1.807, 2.05) is 31.2 Å². The van der Waals surface area contributed by atoms with Gasteiger partial charge in [-0.2, -0.15) is 5.10 Å². The molecular weight excluding hydrogens is 493 g/mol. The number of methoxy groups -OCH3 is 1. The van der Waals surface area contributed by atoms with Gasteiger partial charge in [-0.1, -0.05) is 42.0 Å². The minimum atomic E-state index is -1.05. The lowest BCUT2D eigenvalue weighted by atomic mass is 10.1. The van der Waals surface area contributed by atoms with Crippen LogP contribution >= 0.6 is 15.9 Å². The first-order valence-corrected chi connectivity index (χ1v) is 10.6. The van der Waals surface area contributed by atoms with Crippen LogP contribution in [0.1, 0.15) is 16.7 Å². The van der Waals surface area contributed by atoms with Crippen LogP contribution < -0.4 is 20.2 Å². The normalized spacial score (nSPS) is 10.7. The Morgan fingerprint density at radius 3 is 2.61 bits per heavy atom. The Morgan fingerprint density at radius 2 is 1.88 bits per heavy atom. The lowest BCUT2D eigenvalue weighted by Gasteiger charge is -2.14. The third-order valence-electron chi connectivity index (χ3n) is 4.43. The van der Waals surface area contributed by atoms with Crippen LogP contribution in [0.5, 0.6) is 11.5 Å².